The zero-order valence-corrected chi connectivity index (χ0v) is 11.7. The minimum absolute atomic E-state index is 0.0201. The van der Waals surface area contributed by atoms with Gasteiger partial charge in [0.15, 0.2) is 0 Å². The second-order valence-corrected chi connectivity index (χ2v) is 4.63. The molecule has 0 saturated heterocycles. The average Bonchev–Trinajstić information content (AvgIpc) is 2.49. The molecule has 4 nitrogen and oxygen atoms in total. The maximum Gasteiger partial charge on any atom is 0.407 e. The number of halogens is 2. The molecule has 0 atom stereocenters. The van der Waals surface area contributed by atoms with Crippen LogP contribution in [0.2, 0.25) is 0 Å². The van der Waals surface area contributed by atoms with Gasteiger partial charge in [0.1, 0.15) is 24.0 Å². The molecular formula is C16H15F2NO3. The van der Waals surface area contributed by atoms with E-state index in [0.717, 1.165) is 17.7 Å². The summed E-state index contributed by atoms with van der Waals surface area (Å²) in [6, 6.07) is 10.8. The molecule has 116 valence electrons. The Hall–Kier alpha value is -2.63. The minimum Gasteiger partial charge on any atom is -0.508 e. The molecule has 0 aromatic heterocycles. The quantitative estimate of drug-likeness (QED) is 0.892. The fraction of sp³-hybridized carbons (Fsp3) is 0.188. The van der Waals surface area contributed by atoms with Crippen molar-refractivity contribution in [2.24, 2.45) is 0 Å². The highest BCUT2D eigenvalue weighted by atomic mass is 19.1. The van der Waals surface area contributed by atoms with Gasteiger partial charge in [-0.2, -0.15) is 0 Å². The maximum absolute atomic E-state index is 13.5. The van der Waals surface area contributed by atoms with Gasteiger partial charge in [0.05, 0.1) is 0 Å². The van der Waals surface area contributed by atoms with E-state index in [0.29, 0.717) is 0 Å². The van der Waals surface area contributed by atoms with Gasteiger partial charge in [-0.3, -0.25) is 0 Å². The van der Waals surface area contributed by atoms with Gasteiger partial charge in [0.25, 0.3) is 0 Å². The van der Waals surface area contributed by atoms with Crippen molar-refractivity contribution in [2.75, 3.05) is 6.54 Å². The van der Waals surface area contributed by atoms with E-state index < -0.39 is 23.5 Å². The lowest BCUT2D eigenvalue weighted by Crippen LogP contribution is -2.26. The van der Waals surface area contributed by atoms with Crippen LogP contribution < -0.4 is 5.32 Å². The van der Waals surface area contributed by atoms with Crippen LogP contribution in [0.15, 0.2) is 42.5 Å². The van der Waals surface area contributed by atoms with Crippen molar-refractivity contribution >= 4 is 6.09 Å². The van der Waals surface area contributed by atoms with Crippen molar-refractivity contribution in [3.8, 4) is 5.75 Å². The lowest BCUT2D eigenvalue weighted by atomic mass is 10.1. The highest BCUT2D eigenvalue weighted by molar-refractivity contribution is 5.67. The van der Waals surface area contributed by atoms with E-state index in [9.17, 15) is 13.6 Å². The Labute approximate surface area is 126 Å². The normalized spacial score (nSPS) is 10.3. The molecule has 6 heteroatoms. The molecule has 0 saturated carbocycles. The van der Waals surface area contributed by atoms with Gasteiger partial charge in [-0.25, -0.2) is 13.6 Å². The standard InChI is InChI=1S/C16H15F2NO3/c17-14-8-12(20)9-15(18)13(14)6-7-19-16(21)22-10-11-4-2-1-3-5-11/h1-5,8-9,20H,6-7,10H2,(H,19,21). The highest BCUT2D eigenvalue weighted by Crippen LogP contribution is 2.19. The molecule has 0 spiro atoms. The minimum atomic E-state index is -0.850. The van der Waals surface area contributed by atoms with Crippen molar-refractivity contribution in [3.05, 3.63) is 65.2 Å². The van der Waals surface area contributed by atoms with Crippen molar-refractivity contribution in [1.29, 1.82) is 0 Å². The number of phenolic OH excluding ortho intramolecular Hbond substituents is 1. The van der Waals surface area contributed by atoms with Crippen molar-refractivity contribution in [2.45, 2.75) is 13.0 Å². The Bertz CT molecular complexity index is 624. The largest absolute Gasteiger partial charge is 0.508 e. The summed E-state index contributed by atoms with van der Waals surface area (Å²) in [7, 11) is 0. The summed E-state index contributed by atoms with van der Waals surface area (Å²) in [5.41, 5.74) is 0.648. The number of phenols is 1. The van der Waals surface area contributed by atoms with Gasteiger partial charge in [0, 0.05) is 24.2 Å². The smallest absolute Gasteiger partial charge is 0.407 e. The Morgan fingerprint density at radius 3 is 2.41 bits per heavy atom. The van der Waals surface area contributed by atoms with Gasteiger partial charge in [0.2, 0.25) is 0 Å². The molecule has 22 heavy (non-hydrogen) atoms. The molecule has 2 aromatic carbocycles. The lowest BCUT2D eigenvalue weighted by molar-refractivity contribution is 0.139. The fourth-order valence-electron chi connectivity index (χ4n) is 1.89. The summed E-state index contributed by atoms with van der Waals surface area (Å²) in [4.78, 5) is 11.5. The third kappa shape index (κ3) is 4.44. The molecule has 0 aliphatic rings. The summed E-state index contributed by atoms with van der Waals surface area (Å²) in [6.07, 6.45) is -0.707. The summed E-state index contributed by atoms with van der Waals surface area (Å²) in [5, 5.41) is 11.5. The Morgan fingerprint density at radius 2 is 1.77 bits per heavy atom. The molecule has 2 N–H and O–H groups in total. The SMILES string of the molecule is O=C(NCCc1c(F)cc(O)cc1F)OCc1ccccc1. The Balaban J connectivity index is 1.78. The first kappa shape index (κ1) is 15.8. The molecule has 2 aromatic rings. The van der Waals surface area contributed by atoms with E-state index in [-0.39, 0.29) is 25.1 Å². The predicted molar refractivity (Wildman–Crippen MR) is 76.4 cm³/mol. The van der Waals surface area contributed by atoms with Crippen LogP contribution in [0.1, 0.15) is 11.1 Å². The van der Waals surface area contributed by atoms with Crippen LogP contribution >= 0.6 is 0 Å². The molecule has 1 amide bonds. The molecule has 0 aliphatic heterocycles. The van der Waals surface area contributed by atoms with E-state index in [1.54, 1.807) is 0 Å². The number of amides is 1. The summed E-state index contributed by atoms with van der Waals surface area (Å²) < 4.78 is 31.9. The number of carbonyl (C=O) groups excluding carboxylic acids is 1. The number of alkyl carbamates (subject to hydrolysis) is 1. The van der Waals surface area contributed by atoms with Crippen LogP contribution in [0.4, 0.5) is 13.6 Å². The predicted octanol–water partition coefficient (Wildman–Crippen LogP) is 3.14. The molecule has 0 bridgehead atoms. The zero-order chi connectivity index (χ0) is 15.9. The Kier molecular flexibility index (Phi) is 5.30. The van der Waals surface area contributed by atoms with Gasteiger partial charge >= 0.3 is 6.09 Å². The number of benzene rings is 2. The lowest BCUT2D eigenvalue weighted by Gasteiger charge is -2.08. The van der Waals surface area contributed by atoms with Gasteiger partial charge in [-0.05, 0) is 12.0 Å². The molecule has 0 aliphatic carbocycles. The average molecular weight is 307 g/mol. The zero-order valence-electron chi connectivity index (χ0n) is 11.7. The van der Waals surface area contributed by atoms with Crippen molar-refractivity contribution in [1.82, 2.24) is 5.32 Å². The van der Waals surface area contributed by atoms with Gasteiger partial charge in [-0.1, -0.05) is 30.3 Å². The van der Waals surface area contributed by atoms with Gasteiger partial charge in [-0.15, -0.1) is 0 Å². The molecular weight excluding hydrogens is 292 g/mol. The number of nitrogens with one attached hydrogen (secondary N) is 1. The van der Waals surface area contributed by atoms with E-state index in [2.05, 4.69) is 5.32 Å². The second-order valence-electron chi connectivity index (χ2n) is 4.63. The van der Waals surface area contributed by atoms with E-state index >= 15 is 0 Å². The van der Waals surface area contributed by atoms with Crippen LogP contribution in [0.5, 0.6) is 5.75 Å². The highest BCUT2D eigenvalue weighted by Gasteiger charge is 2.11. The summed E-state index contributed by atoms with van der Waals surface area (Å²) in [5.74, 6) is -2.18. The van der Waals surface area contributed by atoms with Crippen molar-refractivity contribution < 1.29 is 23.4 Å². The number of hydrogen-bond donors (Lipinski definition) is 2. The van der Waals surface area contributed by atoms with Crippen LogP contribution in [0, 0.1) is 11.6 Å². The first-order valence-corrected chi connectivity index (χ1v) is 6.67. The topological polar surface area (TPSA) is 58.6 Å². The fourth-order valence-corrected chi connectivity index (χ4v) is 1.89. The van der Waals surface area contributed by atoms with E-state index in [4.69, 9.17) is 9.84 Å². The number of aromatic hydroxyl groups is 1. The second kappa shape index (κ2) is 7.40. The number of ether oxygens (including phenoxy) is 1. The third-order valence-corrected chi connectivity index (χ3v) is 2.98. The third-order valence-electron chi connectivity index (χ3n) is 2.98. The number of carbonyl (C=O) groups is 1. The maximum atomic E-state index is 13.5. The molecule has 0 unspecified atom stereocenters. The summed E-state index contributed by atoms with van der Waals surface area (Å²) >= 11 is 0. The molecule has 0 radical (unpaired) electrons. The Morgan fingerprint density at radius 1 is 1.14 bits per heavy atom. The van der Waals surface area contributed by atoms with Crippen LogP contribution in [0.25, 0.3) is 0 Å². The van der Waals surface area contributed by atoms with Gasteiger partial charge < -0.3 is 15.2 Å². The molecule has 0 fully saturated rings. The first-order chi connectivity index (χ1) is 10.6. The van der Waals surface area contributed by atoms with Crippen molar-refractivity contribution in [3.63, 3.8) is 0 Å². The van der Waals surface area contributed by atoms with E-state index in [1.165, 1.54) is 0 Å². The van der Waals surface area contributed by atoms with Crippen LogP contribution in [-0.4, -0.2) is 17.7 Å². The number of rotatable bonds is 5. The van der Waals surface area contributed by atoms with E-state index in [1.807, 2.05) is 30.3 Å². The number of hydrogen-bond acceptors (Lipinski definition) is 3. The molecule has 0 heterocycles. The van der Waals surface area contributed by atoms with Crippen LogP contribution in [-0.2, 0) is 17.8 Å². The monoisotopic (exact) mass is 307 g/mol. The summed E-state index contributed by atoms with van der Waals surface area (Å²) in [6.45, 7) is 0.140. The first-order valence-electron chi connectivity index (χ1n) is 6.67. The molecule has 2 rings (SSSR count). The van der Waals surface area contributed by atoms with Crippen LogP contribution in [0.3, 0.4) is 0 Å².